The molecule has 0 saturated heterocycles. The van der Waals surface area contributed by atoms with Crippen molar-refractivity contribution in [3.8, 4) is 44.5 Å². The molecule has 0 radical (unpaired) electrons. The van der Waals surface area contributed by atoms with E-state index in [0.29, 0.717) is 43.8 Å². The first-order valence-electron chi connectivity index (χ1n) is 24.4. The minimum absolute atomic E-state index is 0.00269. The molecule has 1 heterocycles. The van der Waals surface area contributed by atoms with Gasteiger partial charge in [-0.3, -0.25) is 0 Å². The van der Waals surface area contributed by atoms with Gasteiger partial charge in [-0.05, 0) is 107 Å². The molecule has 228 valence electrons. The topological polar surface area (TPSA) is 13.1 Å². The number of benzene rings is 9. The second-order valence-electron chi connectivity index (χ2n) is 11.4. The number of hydrogen-bond donors (Lipinski definition) is 0. The highest BCUT2D eigenvalue weighted by Crippen LogP contribution is 2.47. The highest BCUT2D eigenvalue weighted by atomic mass is 16.3. The SMILES string of the molecule is [2H]c1c([2H])c([2H])c(-c2c([2H])c([2H])c3c(oc4c([2H])c([2H])c([2H])c(-c5c6ccccc6c(-c6cccc(-c7c([2H])c([2H])c8c([2H])c([2H])c([2H])c([2H])c8c7[2H])c6)c6ccccc56)c43)c2[2H])c([2H])c1[2H]. The lowest BCUT2D eigenvalue weighted by Gasteiger charge is -2.18. The van der Waals surface area contributed by atoms with Crippen molar-refractivity contribution >= 4 is 54.3 Å². The molecule has 1 heteroatoms. The molecule has 10 rings (SSSR count). The minimum atomic E-state index is -0.704. The van der Waals surface area contributed by atoms with Gasteiger partial charge in [0.15, 0.2) is 0 Å². The van der Waals surface area contributed by atoms with Crippen LogP contribution in [0.5, 0.6) is 0 Å². The monoisotopic (exact) mass is 640 g/mol. The highest BCUT2D eigenvalue weighted by Gasteiger charge is 2.20. The molecule has 0 spiro atoms. The van der Waals surface area contributed by atoms with Gasteiger partial charge in [-0.25, -0.2) is 0 Å². The molecule has 1 aromatic heterocycles. The third-order valence-corrected chi connectivity index (χ3v) is 8.69. The Hall–Kier alpha value is -6.44. The summed E-state index contributed by atoms with van der Waals surface area (Å²) in [6, 6.07) is 11.3. The molecule has 0 atom stereocenters. The van der Waals surface area contributed by atoms with E-state index >= 15 is 0 Å². The standard InChI is InChI=1S/C48H30O/c1-2-12-31(13-3-1)36-26-27-42-45(30-36)49-44-23-11-22-43(48(42)44)47-40-20-8-6-18-38(40)46(39-19-7-9-21-41(39)47)37-17-10-16-34(29-37)35-25-24-32-14-4-5-15-33(32)28-35/h1-30H/i1D,2D,3D,4D,5D,11D,12D,13D,14D,15D,22D,23D,24D,25D,26D,27D,28D,30D. The summed E-state index contributed by atoms with van der Waals surface area (Å²) in [5.41, 5.74) is 0.501. The average molecular weight is 641 g/mol. The largest absolute Gasteiger partial charge is 0.456 e. The van der Waals surface area contributed by atoms with E-state index in [0.717, 1.165) is 0 Å². The van der Waals surface area contributed by atoms with Crippen LogP contribution in [0.3, 0.4) is 0 Å². The fourth-order valence-corrected chi connectivity index (χ4v) is 6.60. The summed E-state index contributed by atoms with van der Waals surface area (Å²) in [6.45, 7) is 0. The molecular formula is C48H30O. The van der Waals surface area contributed by atoms with Gasteiger partial charge in [0.25, 0.3) is 0 Å². The van der Waals surface area contributed by atoms with Crippen molar-refractivity contribution < 1.29 is 29.1 Å². The van der Waals surface area contributed by atoms with E-state index in [1.807, 2.05) is 18.2 Å². The van der Waals surface area contributed by atoms with Crippen LogP contribution in [0.15, 0.2) is 186 Å². The number of furan rings is 1. The Balaban J connectivity index is 1.29. The quantitative estimate of drug-likeness (QED) is 0.174. The van der Waals surface area contributed by atoms with Gasteiger partial charge in [-0.2, -0.15) is 0 Å². The van der Waals surface area contributed by atoms with Crippen LogP contribution in [0.1, 0.15) is 24.7 Å². The molecule has 10 aromatic rings. The Bertz CT molecular complexity index is 3830. The first-order chi connectivity index (χ1) is 31.8. The third kappa shape index (κ3) is 4.47. The summed E-state index contributed by atoms with van der Waals surface area (Å²) >= 11 is 0. The van der Waals surface area contributed by atoms with Crippen molar-refractivity contribution in [3.63, 3.8) is 0 Å². The Kier molecular flexibility index (Phi) is 3.43. The Morgan fingerprint density at radius 2 is 1.04 bits per heavy atom. The summed E-state index contributed by atoms with van der Waals surface area (Å²) in [5, 5.41) is 1.78. The summed E-state index contributed by atoms with van der Waals surface area (Å²) in [4.78, 5) is 0. The van der Waals surface area contributed by atoms with Crippen molar-refractivity contribution in [3.05, 3.63) is 182 Å². The molecule has 0 unspecified atom stereocenters. The van der Waals surface area contributed by atoms with Gasteiger partial charge >= 0.3 is 0 Å². The van der Waals surface area contributed by atoms with Crippen molar-refractivity contribution in [1.29, 1.82) is 0 Å². The second kappa shape index (κ2) is 11.1. The van der Waals surface area contributed by atoms with Crippen LogP contribution in [-0.4, -0.2) is 0 Å². The smallest absolute Gasteiger partial charge is 0.136 e. The maximum absolute atomic E-state index is 9.50. The van der Waals surface area contributed by atoms with Crippen LogP contribution < -0.4 is 0 Å². The first kappa shape index (κ1) is 15.2. The van der Waals surface area contributed by atoms with Crippen molar-refractivity contribution in [2.24, 2.45) is 0 Å². The van der Waals surface area contributed by atoms with Gasteiger partial charge in [0.1, 0.15) is 11.2 Å². The van der Waals surface area contributed by atoms with E-state index in [2.05, 4.69) is 0 Å². The number of fused-ring (bicyclic) bond motifs is 6. The zero-order valence-electron chi connectivity index (χ0n) is 43.3. The predicted octanol–water partition coefficient (Wildman–Crippen LogP) is 13.7. The van der Waals surface area contributed by atoms with Crippen LogP contribution in [0.2, 0.25) is 0 Å². The number of hydrogen-bond acceptors (Lipinski definition) is 1. The average Bonchev–Trinajstić information content (AvgIpc) is 3.73. The van der Waals surface area contributed by atoms with Gasteiger partial charge in [-0.1, -0.05) is 151 Å². The minimum Gasteiger partial charge on any atom is -0.456 e. The maximum atomic E-state index is 9.50. The van der Waals surface area contributed by atoms with Crippen molar-refractivity contribution in [2.45, 2.75) is 0 Å². The first-order valence-corrected chi connectivity index (χ1v) is 15.4. The van der Waals surface area contributed by atoms with E-state index < -0.39 is 114 Å². The Labute approximate surface area is 309 Å². The second-order valence-corrected chi connectivity index (χ2v) is 11.4. The van der Waals surface area contributed by atoms with Crippen molar-refractivity contribution in [1.82, 2.24) is 0 Å². The third-order valence-electron chi connectivity index (χ3n) is 8.69. The molecule has 0 aliphatic carbocycles. The Morgan fingerprint density at radius 1 is 0.388 bits per heavy atom. The molecule has 49 heavy (non-hydrogen) atoms. The van der Waals surface area contributed by atoms with E-state index in [-0.39, 0.29) is 49.9 Å². The molecule has 0 bridgehead atoms. The van der Waals surface area contributed by atoms with E-state index in [1.54, 1.807) is 54.6 Å². The normalized spacial score (nSPS) is 16.8. The molecule has 0 amide bonds. The summed E-state index contributed by atoms with van der Waals surface area (Å²) in [6.07, 6.45) is 0. The van der Waals surface area contributed by atoms with Crippen LogP contribution in [0.25, 0.3) is 98.8 Å². The van der Waals surface area contributed by atoms with Gasteiger partial charge in [-0.15, -0.1) is 0 Å². The van der Waals surface area contributed by atoms with Crippen LogP contribution in [0, 0.1) is 0 Å². The zero-order valence-corrected chi connectivity index (χ0v) is 25.3. The van der Waals surface area contributed by atoms with E-state index in [1.165, 1.54) is 0 Å². The van der Waals surface area contributed by atoms with Gasteiger partial charge in [0.2, 0.25) is 0 Å². The predicted molar refractivity (Wildman–Crippen MR) is 208 cm³/mol. The molecule has 0 aliphatic heterocycles. The molecule has 0 fully saturated rings. The fourth-order valence-electron chi connectivity index (χ4n) is 6.60. The highest BCUT2D eigenvalue weighted by molar-refractivity contribution is 6.25. The van der Waals surface area contributed by atoms with E-state index in [9.17, 15) is 6.85 Å². The summed E-state index contributed by atoms with van der Waals surface area (Å²) in [7, 11) is 0. The molecule has 0 N–H and O–H groups in total. The van der Waals surface area contributed by atoms with Crippen molar-refractivity contribution in [2.75, 3.05) is 0 Å². The van der Waals surface area contributed by atoms with Gasteiger partial charge in [0, 0.05) is 10.8 Å². The number of rotatable bonds is 4. The van der Waals surface area contributed by atoms with Crippen LogP contribution in [-0.2, 0) is 0 Å². The molecule has 0 saturated carbocycles. The van der Waals surface area contributed by atoms with Gasteiger partial charge in [0.05, 0.1) is 24.7 Å². The lowest BCUT2D eigenvalue weighted by molar-refractivity contribution is 0.669. The fraction of sp³-hybridized carbons (Fsp3) is 0. The Morgan fingerprint density at radius 3 is 1.82 bits per heavy atom. The summed E-state index contributed by atoms with van der Waals surface area (Å²) < 4.78 is 164. The van der Waals surface area contributed by atoms with Crippen LogP contribution in [0.4, 0.5) is 0 Å². The zero-order chi connectivity index (χ0) is 48.0. The molecule has 1 nitrogen and oxygen atoms in total. The maximum Gasteiger partial charge on any atom is 0.136 e. The van der Waals surface area contributed by atoms with E-state index in [4.69, 9.17) is 22.2 Å². The van der Waals surface area contributed by atoms with Crippen LogP contribution >= 0.6 is 0 Å². The lowest BCUT2D eigenvalue weighted by Crippen LogP contribution is -1.91. The molecule has 0 aliphatic rings. The molecular weight excluding hydrogens is 593 g/mol. The lowest BCUT2D eigenvalue weighted by atomic mass is 9.84. The summed E-state index contributed by atoms with van der Waals surface area (Å²) in [5.74, 6) is 0. The molecule has 9 aromatic carbocycles. The van der Waals surface area contributed by atoms with Gasteiger partial charge < -0.3 is 4.42 Å².